The van der Waals surface area contributed by atoms with Gasteiger partial charge in [0.2, 0.25) is 5.91 Å². The van der Waals surface area contributed by atoms with Crippen LogP contribution in [0.3, 0.4) is 0 Å². The van der Waals surface area contributed by atoms with Gasteiger partial charge in [0.15, 0.2) is 0 Å². The number of hydrogen-bond acceptors (Lipinski definition) is 5. The number of carbonyl (C=O) groups excluding carboxylic acids is 2. The number of aryl methyl sites for hydroxylation is 1. The standard InChI is InChI=1S/C17H18N4O2S/c1-10-15(24-20-19-10)16(22)18-14-5-4-11-6-7-21(9-13(11)8-14)17(23)12-2-3-12/h4-5,8,12H,2-3,6-7,9H2,1H3,(H,18,22). The number of benzene rings is 1. The molecule has 2 aromatic rings. The number of anilines is 1. The minimum absolute atomic E-state index is 0.191. The lowest BCUT2D eigenvalue weighted by molar-refractivity contribution is -0.133. The van der Waals surface area contributed by atoms with Gasteiger partial charge < -0.3 is 10.2 Å². The summed E-state index contributed by atoms with van der Waals surface area (Å²) >= 11 is 1.09. The number of carbonyl (C=O) groups is 2. The molecule has 0 radical (unpaired) electrons. The van der Waals surface area contributed by atoms with Crippen LogP contribution in [0.15, 0.2) is 18.2 Å². The Morgan fingerprint density at radius 3 is 2.83 bits per heavy atom. The summed E-state index contributed by atoms with van der Waals surface area (Å²) in [6.07, 6.45) is 2.93. The van der Waals surface area contributed by atoms with Crippen molar-refractivity contribution in [3.8, 4) is 0 Å². The van der Waals surface area contributed by atoms with Gasteiger partial charge in [0.1, 0.15) is 4.88 Å². The predicted molar refractivity (Wildman–Crippen MR) is 90.9 cm³/mol. The molecular formula is C17H18N4O2S. The van der Waals surface area contributed by atoms with Gasteiger partial charge in [-0.15, -0.1) is 5.10 Å². The first-order chi connectivity index (χ1) is 11.6. The summed E-state index contributed by atoms with van der Waals surface area (Å²) in [5, 5.41) is 6.77. The molecule has 2 aliphatic rings. The van der Waals surface area contributed by atoms with Crippen LogP contribution in [0.2, 0.25) is 0 Å². The maximum absolute atomic E-state index is 12.3. The van der Waals surface area contributed by atoms with Gasteiger partial charge in [0.25, 0.3) is 5.91 Å². The Morgan fingerprint density at radius 1 is 1.29 bits per heavy atom. The van der Waals surface area contributed by atoms with Gasteiger partial charge in [-0.25, -0.2) is 0 Å². The van der Waals surface area contributed by atoms with Gasteiger partial charge in [-0.05, 0) is 61.0 Å². The van der Waals surface area contributed by atoms with Gasteiger partial charge in [0.05, 0.1) is 5.69 Å². The van der Waals surface area contributed by atoms with Crippen molar-refractivity contribution in [1.29, 1.82) is 0 Å². The highest BCUT2D eigenvalue weighted by Gasteiger charge is 2.34. The quantitative estimate of drug-likeness (QED) is 0.929. The first-order valence-electron chi connectivity index (χ1n) is 8.12. The van der Waals surface area contributed by atoms with E-state index >= 15 is 0 Å². The predicted octanol–water partition coefficient (Wildman–Crippen LogP) is 2.39. The second-order valence-corrected chi connectivity index (χ2v) is 7.16. The Labute approximate surface area is 144 Å². The van der Waals surface area contributed by atoms with E-state index in [1.54, 1.807) is 6.92 Å². The smallest absolute Gasteiger partial charge is 0.269 e. The van der Waals surface area contributed by atoms with E-state index in [0.29, 0.717) is 17.1 Å². The molecule has 1 aromatic carbocycles. The van der Waals surface area contributed by atoms with Crippen molar-refractivity contribution in [1.82, 2.24) is 14.5 Å². The third-order valence-electron chi connectivity index (χ3n) is 4.57. The van der Waals surface area contributed by atoms with E-state index in [-0.39, 0.29) is 17.7 Å². The summed E-state index contributed by atoms with van der Waals surface area (Å²) in [7, 11) is 0. The minimum atomic E-state index is -0.191. The van der Waals surface area contributed by atoms with Gasteiger partial charge in [-0.1, -0.05) is 10.6 Å². The number of fused-ring (bicyclic) bond motifs is 1. The van der Waals surface area contributed by atoms with E-state index in [4.69, 9.17) is 0 Å². The van der Waals surface area contributed by atoms with E-state index in [0.717, 1.165) is 48.6 Å². The molecule has 1 N–H and O–H groups in total. The lowest BCUT2D eigenvalue weighted by atomic mass is 9.98. The molecule has 1 fully saturated rings. The summed E-state index contributed by atoms with van der Waals surface area (Å²) in [6.45, 7) is 3.20. The Balaban J connectivity index is 1.50. The summed E-state index contributed by atoms with van der Waals surface area (Å²) in [4.78, 5) is 27.0. The van der Waals surface area contributed by atoms with Crippen LogP contribution < -0.4 is 5.32 Å². The molecule has 0 bridgehead atoms. The molecule has 4 rings (SSSR count). The molecule has 1 saturated carbocycles. The van der Waals surface area contributed by atoms with Crippen molar-refractivity contribution in [2.45, 2.75) is 32.7 Å². The van der Waals surface area contributed by atoms with Crippen molar-refractivity contribution in [3.05, 3.63) is 39.9 Å². The SMILES string of the molecule is Cc1nnsc1C(=O)Nc1ccc2c(c1)CN(C(=O)C1CC1)CC2. The van der Waals surface area contributed by atoms with Crippen LogP contribution in [-0.4, -0.2) is 32.8 Å². The summed E-state index contributed by atoms with van der Waals surface area (Å²) in [5.74, 6) is 0.335. The van der Waals surface area contributed by atoms with Crippen molar-refractivity contribution >= 4 is 29.0 Å². The fraction of sp³-hybridized carbons (Fsp3) is 0.412. The monoisotopic (exact) mass is 342 g/mol. The Morgan fingerprint density at radius 2 is 2.12 bits per heavy atom. The van der Waals surface area contributed by atoms with Crippen LogP contribution >= 0.6 is 11.5 Å². The van der Waals surface area contributed by atoms with Gasteiger partial charge in [-0.2, -0.15) is 0 Å². The molecule has 0 atom stereocenters. The molecular weight excluding hydrogens is 324 g/mol. The lowest BCUT2D eigenvalue weighted by Gasteiger charge is -2.29. The highest BCUT2D eigenvalue weighted by molar-refractivity contribution is 7.08. The molecule has 1 aliphatic carbocycles. The molecule has 0 unspecified atom stereocenters. The highest BCUT2D eigenvalue weighted by Crippen LogP contribution is 2.33. The first-order valence-corrected chi connectivity index (χ1v) is 8.90. The van der Waals surface area contributed by atoms with Crippen LogP contribution in [0.4, 0.5) is 5.69 Å². The molecule has 0 spiro atoms. The second kappa shape index (κ2) is 5.98. The van der Waals surface area contributed by atoms with Crippen molar-refractivity contribution < 1.29 is 9.59 Å². The average Bonchev–Trinajstić information content (AvgIpc) is 3.34. The molecule has 24 heavy (non-hydrogen) atoms. The fourth-order valence-corrected chi connectivity index (χ4v) is 3.59. The largest absolute Gasteiger partial charge is 0.338 e. The summed E-state index contributed by atoms with van der Waals surface area (Å²) in [5.41, 5.74) is 3.75. The number of amides is 2. The van der Waals surface area contributed by atoms with Crippen LogP contribution in [0.1, 0.15) is 39.3 Å². The lowest BCUT2D eigenvalue weighted by Crippen LogP contribution is -2.36. The molecule has 6 nitrogen and oxygen atoms in total. The zero-order valence-corrected chi connectivity index (χ0v) is 14.2. The summed E-state index contributed by atoms with van der Waals surface area (Å²) in [6, 6.07) is 5.93. The Hall–Kier alpha value is -2.28. The molecule has 1 aliphatic heterocycles. The zero-order chi connectivity index (χ0) is 16.7. The minimum Gasteiger partial charge on any atom is -0.338 e. The van der Waals surface area contributed by atoms with E-state index in [9.17, 15) is 9.59 Å². The van der Waals surface area contributed by atoms with Gasteiger partial charge >= 0.3 is 0 Å². The van der Waals surface area contributed by atoms with Crippen molar-refractivity contribution in [2.75, 3.05) is 11.9 Å². The molecule has 2 amide bonds. The second-order valence-electron chi connectivity index (χ2n) is 6.41. The number of hydrogen-bond donors (Lipinski definition) is 1. The van der Waals surface area contributed by atoms with Crippen LogP contribution in [0.25, 0.3) is 0 Å². The molecule has 1 aromatic heterocycles. The summed E-state index contributed by atoms with van der Waals surface area (Å²) < 4.78 is 3.79. The van der Waals surface area contributed by atoms with Gasteiger partial charge in [0, 0.05) is 24.7 Å². The van der Waals surface area contributed by atoms with E-state index in [2.05, 4.69) is 14.9 Å². The third kappa shape index (κ3) is 2.91. The third-order valence-corrected chi connectivity index (χ3v) is 5.40. The molecule has 7 heteroatoms. The zero-order valence-electron chi connectivity index (χ0n) is 13.4. The average molecular weight is 342 g/mol. The van der Waals surface area contributed by atoms with Crippen molar-refractivity contribution in [2.24, 2.45) is 5.92 Å². The number of nitrogens with one attached hydrogen (secondary N) is 1. The Bertz CT molecular complexity index is 813. The van der Waals surface area contributed by atoms with Crippen LogP contribution in [0.5, 0.6) is 0 Å². The van der Waals surface area contributed by atoms with Crippen LogP contribution in [0, 0.1) is 12.8 Å². The number of rotatable bonds is 3. The van der Waals surface area contributed by atoms with Crippen molar-refractivity contribution in [3.63, 3.8) is 0 Å². The topological polar surface area (TPSA) is 75.2 Å². The first kappa shape index (κ1) is 15.3. The van der Waals surface area contributed by atoms with E-state index in [1.165, 1.54) is 5.56 Å². The van der Waals surface area contributed by atoms with Gasteiger partial charge in [-0.3, -0.25) is 9.59 Å². The maximum Gasteiger partial charge on any atom is 0.269 e. The van der Waals surface area contributed by atoms with Crippen LogP contribution in [-0.2, 0) is 17.8 Å². The fourth-order valence-electron chi connectivity index (χ4n) is 3.04. The van der Waals surface area contributed by atoms with E-state index in [1.807, 2.05) is 23.1 Å². The highest BCUT2D eigenvalue weighted by atomic mass is 32.1. The van der Waals surface area contributed by atoms with E-state index < -0.39 is 0 Å². The molecule has 2 heterocycles. The maximum atomic E-state index is 12.3. The number of aromatic nitrogens is 2. The normalized spacial score (nSPS) is 16.6. The number of nitrogens with zero attached hydrogens (tertiary/aromatic N) is 3. The molecule has 124 valence electrons. The Kier molecular flexibility index (Phi) is 3.80. The molecule has 0 saturated heterocycles.